The van der Waals surface area contributed by atoms with E-state index in [1.807, 2.05) is 13.8 Å². The van der Waals surface area contributed by atoms with Gasteiger partial charge in [0.1, 0.15) is 5.82 Å². The van der Waals surface area contributed by atoms with Crippen molar-refractivity contribution < 1.29 is 17.9 Å². The van der Waals surface area contributed by atoms with Gasteiger partial charge in [-0.25, -0.2) is 9.97 Å². The number of rotatable bonds is 5. The standard InChI is InChI=1S/C10H15F3N4O/c1-6(2)7(3-14)17-8-4-16-9(5-15-8)18-10(11,12)13/h4-7H,3,14H2,1-2H3,(H,15,17). The van der Waals surface area contributed by atoms with Gasteiger partial charge in [-0.05, 0) is 5.92 Å². The number of nitrogens with one attached hydrogen (secondary N) is 1. The average Bonchev–Trinajstić information content (AvgIpc) is 2.25. The van der Waals surface area contributed by atoms with Gasteiger partial charge in [0.25, 0.3) is 0 Å². The van der Waals surface area contributed by atoms with Crippen LogP contribution in [0, 0.1) is 5.92 Å². The smallest absolute Gasteiger partial charge is 0.386 e. The number of nitrogens with two attached hydrogens (primary N) is 1. The zero-order chi connectivity index (χ0) is 13.8. The summed E-state index contributed by atoms with van der Waals surface area (Å²) in [5.41, 5.74) is 5.55. The number of alkyl halides is 3. The summed E-state index contributed by atoms with van der Waals surface area (Å²) in [4.78, 5) is 7.28. The normalized spacial score (nSPS) is 13.5. The highest BCUT2D eigenvalue weighted by Gasteiger charge is 2.31. The lowest BCUT2D eigenvalue weighted by Gasteiger charge is -2.20. The maximum Gasteiger partial charge on any atom is 0.574 e. The third kappa shape index (κ3) is 4.74. The topological polar surface area (TPSA) is 73.1 Å². The van der Waals surface area contributed by atoms with E-state index in [9.17, 15) is 13.2 Å². The fraction of sp³-hybridized carbons (Fsp3) is 0.600. The Morgan fingerprint density at radius 2 is 2.00 bits per heavy atom. The minimum atomic E-state index is -4.76. The lowest BCUT2D eigenvalue weighted by molar-refractivity contribution is -0.276. The quantitative estimate of drug-likeness (QED) is 0.848. The molecule has 1 atom stereocenters. The van der Waals surface area contributed by atoms with Crippen molar-refractivity contribution in [3.05, 3.63) is 12.4 Å². The van der Waals surface area contributed by atoms with E-state index in [0.717, 1.165) is 6.20 Å². The summed E-state index contributed by atoms with van der Waals surface area (Å²) in [7, 11) is 0. The van der Waals surface area contributed by atoms with Crippen LogP contribution in [0.3, 0.4) is 0 Å². The lowest BCUT2D eigenvalue weighted by atomic mass is 10.1. The van der Waals surface area contributed by atoms with Crippen LogP contribution in [0.4, 0.5) is 19.0 Å². The number of aromatic nitrogens is 2. The molecule has 3 N–H and O–H groups in total. The van der Waals surface area contributed by atoms with E-state index in [-0.39, 0.29) is 12.0 Å². The summed E-state index contributed by atoms with van der Waals surface area (Å²) in [5, 5.41) is 2.98. The summed E-state index contributed by atoms with van der Waals surface area (Å²) in [6.07, 6.45) is -2.68. The van der Waals surface area contributed by atoms with Crippen LogP contribution in [-0.4, -0.2) is 28.9 Å². The van der Waals surface area contributed by atoms with Crippen molar-refractivity contribution >= 4 is 5.82 Å². The van der Waals surface area contributed by atoms with Gasteiger partial charge in [0.05, 0.1) is 12.4 Å². The molecule has 0 saturated heterocycles. The van der Waals surface area contributed by atoms with Crippen molar-refractivity contribution in [3.63, 3.8) is 0 Å². The molecule has 0 aromatic carbocycles. The van der Waals surface area contributed by atoms with Crippen molar-refractivity contribution in [2.24, 2.45) is 11.7 Å². The third-order valence-corrected chi connectivity index (χ3v) is 2.24. The first-order valence-corrected chi connectivity index (χ1v) is 5.36. The molecule has 0 fully saturated rings. The van der Waals surface area contributed by atoms with Gasteiger partial charge in [0.2, 0.25) is 5.88 Å². The van der Waals surface area contributed by atoms with Crippen LogP contribution >= 0.6 is 0 Å². The molecular formula is C10H15F3N4O. The van der Waals surface area contributed by atoms with E-state index in [1.54, 1.807) is 0 Å². The number of anilines is 1. The second-order valence-electron chi connectivity index (χ2n) is 4.02. The summed E-state index contributed by atoms with van der Waals surface area (Å²) in [6, 6.07) is -0.0197. The Hall–Kier alpha value is -1.57. The fourth-order valence-corrected chi connectivity index (χ4v) is 1.25. The molecule has 1 unspecified atom stereocenters. The fourth-order valence-electron chi connectivity index (χ4n) is 1.25. The minimum absolute atomic E-state index is 0.0197. The van der Waals surface area contributed by atoms with Crippen LogP contribution in [0.2, 0.25) is 0 Å². The molecule has 5 nitrogen and oxygen atoms in total. The number of ether oxygens (including phenoxy) is 1. The second kappa shape index (κ2) is 5.85. The maximum atomic E-state index is 11.9. The van der Waals surface area contributed by atoms with Crippen molar-refractivity contribution in [3.8, 4) is 5.88 Å². The molecule has 0 spiro atoms. The van der Waals surface area contributed by atoms with E-state index in [4.69, 9.17) is 5.73 Å². The van der Waals surface area contributed by atoms with E-state index in [2.05, 4.69) is 20.0 Å². The summed E-state index contributed by atoms with van der Waals surface area (Å²) in [6.45, 7) is 4.33. The molecular weight excluding hydrogens is 249 g/mol. The van der Waals surface area contributed by atoms with Gasteiger partial charge in [-0.2, -0.15) is 0 Å². The number of hydrogen-bond donors (Lipinski definition) is 2. The maximum absolute atomic E-state index is 11.9. The van der Waals surface area contributed by atoms with Gasteiger partial charge >= 0.3 is 6.36 Å². The van der Waals surface area contributed by atoms with Gasteiger partial charge in [-0.15, -0.1) is 13.2 Å². The van der Waals surface area contributed by atoms with E-state index >= 15 is 0 Å². The molecule has 8 heteroatoms. The number of nitrogens with zero attached hydrogens (tertiary/aromatic N) is 2. The predicted octanol–water partition coefficient (Wildman–Crippen LogP) is 1.77. The minimum Gasteiger partial charge on any atom is -0.386 e. The van der Waals surface area contributed by atoms with E-state index < -0.39 is 12.2 Å². The molecule has 0 radical (unpaired) electrons. The van der Waals surface area contributed by atoms with Crippen molar-refractivity contribution in [1.82, 2.24) is 9.97 Å². The Morgan fingerprint density at radius 3 is 2.39 bits per heavy atom. The Labute approximate surface area is 103 Å². The largest absolute Gasteiger partial charge is 0.574 e. The highest BCUT2D eigenvalue weighted by Crippen LogP contribution is 2.20. The lowest BCUT2D eigenvalue weighted by Crippen LogP contribution is -2.34. The van der Waals surface area contributed by atoms with Gasteiger partial charge in [0, 0.05) is 12.6 Å². The van der Waals surface area contributed by atoms with Crippen LogP contribution in [-0.2, 0) is 0 Å². The molecule has 0 saturated carbocycles. The first-order chi connectivity index (χ1) is 8.31. The monoisotopic (exact) mass is 264 g/mol. The first kappa shape index (κ1) is 14.5. The average molecular weight is 264 g/mol. The van der Waals surface area contributed by atoms with Crippen molar-refractivity contribution in [1.29, 1.82) is 0 Å². The Morgan fingerprint density at radius 1 is 1.33 bits per heavy atom. The predicted molar refractivity (Wildman–Crippen MR) is 60.0 cm³/mol. The first-order valence-electron chi connectivity index (χ1n) is 5.36. The summed E-state index contributed by atoms with van der Waals surface area (Å²) in [5.74, 6) is 0.0264. The molecule has 0 bridgehead atoms. The molecule has 18 heavy (non-hydrogen) atoms. The number of hydrogen-bond acceptors (Lipinski definition) is 5. The van der Waals surface area contributed by atoms with Gasteiger partial charge in [-0.1, -0.05) is 13.8 Å². The third-order valence-electron chi connectivity index (χ3n) is 2.24. The van der Waals surface area contributed by atoms with Gasteiger partial charge < -0.3 is 15.8 Å². The molecule has 102 valence electrons. The van der Waals surface area contributed by atoms with E-state index in [0.29, 0.717) is 12.4 Å². The SMILES string of the molecule is CC(C)C(CN)Nc1cnc(OC(F)(F)F)cn1. The van der Waals surface area contributed by atoms with Crippen LogP contribution in [0.5, 0.6) is 5.88 Å². The van der Waals surface area contributed by atoms with Crippen LogP contribution in [0.25, 0.3) is 0 Å². The molecule has 1 aromatic heterocycles. The highest BCUT2D eigenvalue weighted by molar-refractivity contribution is 5.33. The second-order valence-corrected chi connectivity index (χ2v) is 4.02. The van der Waals surface area contributed by atoms with Crippen LogP contribution in [0.15, 0.2) is 12.4 Å². The molecule has 1 aromatic rings. The summed E-state index contributed by atoms with van der Waals surface area (Å²) >= 11 is 0. The Kier molecular flexibility index (Phi) is 4.71. The molecule has 0 amide bonds. The zero-order valence-corrected chi connectivity index (χ0v) is 10.0. The van der Waals surface area contributed by atoms with Crippen molar-refractivity contribution in [2.45, 2.75) is 26.3 Å². The van der Waals surface area contributed by atoms with Gasteiger partial charge in [-0.3, -0.25) is 0 Å². The zero-order valence-electron chi connectivity index (χ0n) is 10.0. The molecule has 0 aliphatic rings. The molecule has 0 aliphatic heterocycles. The van der Waals surface area contributed by atoms with Crippen LogP contribution < -0.4 is 15.8 Å². The Balaban J connectivity index is 2.65. The van der Waals surface area contributed by atoms with E-state index in [1.165, 1.54) is 6.20 Å². The highest BCUT2D eigenvalue weighted by atomic mass is 19.4. The molecule has 1 rings (SSSR count). The van der Waals surface area contributed by atoms with Crippen LogP contribution in [0.1, 0.15) is 13.8 Å². The Bertz CT molecular complexity index is 366. The molecule has 1 heterocycles. The summed E-state index contributed by atoms with van der Waals surface area (Å²) < 4.78 is 39.3. The van der Waals surface area contributed by atoms with Gasteiger partial charge in [0.15, 0.2) is 0 Å². The molecule has 0 aliphatic carbocycles. The van der Waals surface area contributed by atoms with Crippen molar-refractivity contribution in [2.75, 3.05) is 11.9 Å². The number of halogens is 3.